The van der Waals surface area contributed by atoms with E-state index < -0.39 is 4.92 Å². The highest BCUT2D eigenvalue weighted by Gasteiger charge is 2.09. The summed E-state index contributed by atoms with van der Waals surface area (Å²) in [4.78, 5) is 22.6. The predicted molar refractivity (Wildman–Crippen MR) is 95.4 cm³/mol. The fourth-order valence-corrected chi connectivity index (χ4v) is 2.56. The first-order valence-electron chi connectivity index (χ1n) is 7.20. The molecule has 0 bridgehead atoms. The first kappa shape index (κ1) is 15.9. The lowest BCUT2D eigenvalue weighted by Gasteiger charge is -2.01. The largest absolute Gasteiger partial charge is 0.289 e. The lowest BCUT2D eigenvalue weighted by Crippen LogP contribution is -1.94. The molecular weight excluding hydrogens is 326 g/mol. The lowest BCUT2D eigenvalue weighted by molar-refractivity contribution is -0.384. The molecule has 0 aliphatic rings. The van der Waals surface area contributed by atoms with Gasteiger partial charge in [0.15, 0.2) is 5.78 Å². The zero-order valence-electron chi connectivity index (χ0n) is 12.5. The molecule has 0 saturated heterocycles. The minimum atomic E-state index is -0.501. The maximum absolute atomic E-state index is 12.3. The number of benzene rings is 3. The molecule has 0 fully saturated rings. The van der Waals surface area contributed by atoms with Crippen molar-refractivity contribution in [1.82, 2.24) is 0 Å². The van der Waals surface area contributed by atoms with Crippen LogP contribution in [0.25, 0.3) is 16.8 Å². The third-order valence-electron chi connectivity index (χ3n) is 3.64. The molecule has 0 N–H and O–H groups in total. The number of fused-ring (bicyclic) bond motifs is 1. The van der Waals surface area contributed by atoms with Crippen LogP contribution in [0.3, 0.4) is 0 Å². The van der Waals surface area contributed by atoms with Gasteiger partial charge in [-0.3, -0.25) is 14.9 Å². The van der Waals surface area contributed by atoms with Crippen molar-refractivity contribution in [2.45, 2.75) is 0 Å². The lowest BCUT2D eigenvalue weighted by atomic mass is 10.0. The first-order chi connectivity index (χ1) is 11.5. The van der Waals surface area contributed by atoms with E-state index in [0.29, 0.717) is 16.1 Å². The molecule has 0 atom stereocenters. The van der Waals surface area contributed by atoms with Gasteiger partial charge in [-0.25, -0.2) is 0 Å². The van der Waals surface area contributed by atoms with Crippen LogP contribution in [0.4, 0.5) is 5.69 Å². The fourth-order valence-electron chi connectivity index (χ4n) is 2.38. The molecular formula is C19H12ClNO3. The second-order valence-electron chi connectivity index (χ2n) is 5.22. The number of carbonyl (C=O) groups is 1. The molecule has 5 heteroatoms. The molecule has 0 heterocycles. The maximum Gasteiger partial charge on any atom is 0.270 e. The van der Waals surface area contributed by atoms with Gasteiger partial charge in [-0.1, -0.05) is 48.0 Å². The molecule has 0 aliphatic heterocycles. The van der Waals surface area contributed by atoms with Crippen LogP contribution in [0.5, 0.6) is 0 Å². The average molecular weight is 338 g/mol. The van der Waals surface area contributed by atoms with Crippen LogP contribution in [0, 0.1) is 10.1 Å². The van der Waals surface area contributed by atoms with Crippen LogP contribution < -0.4 is 0 Å². The van der Waals surface area contributed by atoms with E-state index in [1.165, 1.54) is 30.4 Å². The highest BCUT2D eigenvalue weighted by Crippen LogP contribution is 2.23. The zero-order valence-corrected chi connectivity index (χ0v) is 13.2. The van der Waals surface area contributed by atoms with Crippen LogP contribution in [0.15, 0.2) is 66.7 Å². The van der Waals surface area contributed by atoms with E-state index >= 15 is 0 Å². The minimum Gasteiger partial charge on any atom is -0.289 e. The number of hydrogen-bond donors (Lipinski definition) is 0. The summed E-state index contributed by atoms with van der Waals surface area (Å²) in [6, 6.07) is 17.3. The number of nitro benzene ring substituents is 1. The van der Waals surface area contributed by atoms with Gasteiger partial charge in [0.05, 0.1) is 4.92 Å². The van der Waals surface area contributed by atoms with Gasteiger partial charge in [0.25, 0.3) is 5.69 Å². The van der Waals surface area contributed by atoms with Crippen molar-refractivity contribution in [2.75, 3.05) is 0 Å². The Morgan fingerprint density at radius 1 is 1.00 bits per heavy atom. The summed E-state index contributed by atoms with van der Waals surface area (Å²) in [7, 11) is 0. The van der Waals surface area contributed by atoms with Gasteiger partial charge in [0, 0.05) is 22.7 Å². The average Bonchev–Trinajstić information content (AvgIpc) is 2.60. The molecule has 3 aromatic carbocycles. The fraction of sp³-hybridized carbons (Fsp3) is 0. The number of carbonyl (C=O) groups excluding carboxylic acids is 1. The maximum atomic E-state index is 12.3. The summed E-state index contributed by atoms with van der Waals surface area (Å²) in [6.07, 6.45) is 2.86. The summed E-state index contributed by atoms with van der Waals surface area (Å²) in [6.45, 7) is 0. The Labute approximate surface area is 143 Å². The van der Waals surface area contributed by atoms with Crippen LogP contribution in [0.1, 0.15) is 15.9 Å². The van der Waals surface area contributed by atoms with E-state index in [0.717, 1.165) is 10.8 Å². The van der Waals surface area contributed by atoms with Gasteiger partial charge in [0.2, 0.25) is 0 Å². The van der Waals surface area contributed by atoms with Crippen molar-refractivity contribution in [3.8, 4) is 0 Å². The highest BCUT2D eigenvalue weighted by atomic mass is 35.5. The second kappa shape index (κ2) is 6.64. The third-order valence-corrected chi connectivity index (χ3v) is 3.98. The zero-order chi connectivity index (χ0) is 17.1. The molecule has 4 nitrogen and oxygen atoms in total. The van der Waals surface area contributed by atoms with E-state index in [1.54, 1.807) is 6.07 Å². The molecule has 0 unspecified atom stereocenters. The monoisotopic (exact) mass is 337 g/mol. The Hall–Kier alpha value is -2.98. The van der Waals surface area contributed by atoms with Crippen LogP contribution in [0.2, 0.25) is 5.02 Å². The molecule has 0 saturated carbocycles. The van der Waals surface area contributed by atoms with E-state index in [9.17, 15) is 14.9 Å². The molecule has 0 radical (unpaired) electrons. The summed E-state index contributed by atoms with van der Waals surface area (Å²) in [5, 5.41) is 13.2. The van der Waals surface area contributed by atoms with E-state index in [-0.39, 0.29) is 11.5 Å². The first-order valence-corrected chi connectivity index (χ1v) is 7.57. The molecule has 0 aliphatic carbocycles. The van der Waals surface area contributed by atoms with Gasteiger partial charge in [0.1, 0.15) is 0 Å². The van der Waals surface area contributed by atoms with Gasteiger partial charge in [-0.15, -0.1) is 0 Å². The summed E-state index contributed by atoms with van der Waals surface area (Å²) >= 11 is 6.02. The third kappa shape index (κ3) is 3.34. The molecule has 0 spiro atoms. The number of hydrogen-bond acceptors (Lipinski definition) is 3. The summed E-state index contributed by atoms with van der Waals surface area (Å²) in [5.74, 6) is -0.191. The number of halogens is 1. The number of nitro groups is 1. The van der Waals surface area contributed by atoms with E-state index in [1.807, 2.05) is 36.4 Å². The van der Waals surface area contributed by atoms with Gasteiger partial charge >= 0.3 is 0 Å². The standard InChI is InChI=1S/C19H12ClNO3/c20-18-9-8-17(21(23)24)12-15(18)7-10-19(22)16-6-5-13-3-1-2-4-14(13)11-16/h1-12H/b10-7+. The van der Waals surface area contributed by atoms with Crippen LogP contribution in [-0.4, -0.2) is 10.7 Å². The van der Waals surface area contributed by atoms with Crippen LogP contribution >= 0.6 is 11.6 Å². The molecule has 0 amide bonds. The molecule has 118 valence electrons. The van der Waals surface area contributed by atoms with Crippen molar-refractivity contribution in [3.63, 3.8) is 0 Å². The molecule has 0 aromatic heterocycles. The Kier molecular flexibility index (Phi) is 4.40. The Morgan fingerprint density at radius 3 is 2.50 bits per heavy atom. The number of ketones is 1. The van der Waals surface area contributed by atoms with Crippen molar-refractivity contribution in [2.24, 2.45) is 0 Å². The quantitative estimate of drug-likeness (QED) is 0.281. The highest BCUT2D eigenvalue weighted by molar-refractivity contribution is 6.32. The van der Waals surface area contributed by atoms with Crippen molar-refractivity contribution >= 4 is 39.9 Å². The Morgan fingerprint density at radius 2 is 1.75 bits per heavy atom. The summed E-state index contributed by atoms with van der Waals surface area (Å²) in [5.41, 5.74) is 0.906. The normalized spacial score (nSPS) is 11.0. The molecule has 3 aromatic rings. The van der Waals surface area contributed by atoms with Gasteiger partial charge < -0.3 is 0 Å². The van der Waals surface area contributed by atoms with Crippen molar-refractivity contribution in [1.29, 1.82) is 0 Å². The van der Waals surface area contributed by atoms with E-state index in [2.05, 4.69) is 0 Å². The van der Waals surface area contributed by atoms with Gasteiger partial charge in [-0.2, -0.15) is 0 Å². The van der Waals surface area contributed by atoms with Crippen molar-refractivity contribution in [3.05, 3.63) is 93.0 Å². The SMILES string of the molecule is O=C(/C=C/c1cc([N+](=O)[O-])ccc1Cl)c1ccc2ccccc2c1. The second-order valence-corrected chi connectivity index (χ2v) is 5.63. The molecule has 24 heavy (non-hydrogen) atoms. The topological polar surface area (TPSA) is 60.2 Å². The number of allylic oxidation sites excluding steroid dienone is 1. The van der Waals surface area contributed by atoms with Crippen LogP contribution in [-0.2, 0) is 0 Å². The smallest absolute Gasteiger partial charge is 0.270 e. The van der Waals surface area contributed by atoms with Crippen molar-refractivity contribution < 1.29 is 9.72 Å². The molecule has 3 rings (SSSR count). The Bertz CT molecular complexity index is 979. The number of non-ortho nitro benzene ring substituents is 1. The Balaban J connectivity index is 1.89. The predicted octanol–water partition coefficient (Wildman–Crippen LogP) is 5.30. The summed E-state index contributed by atoms with van der Waals surface area (Å²) < 4.78 is 0. The van der Waals surface area contributed by atoms with Gasteiger partial charge in [-0.05, 0) is 40.6 Å². The number of rotatable bonds is 4. The number of nitrogens with zero attached hydrogens (tertiary/aromatic N) is 1. The van der Waals surface area contributed by atoms with E-state index in [4.69, 9.17) is 11.6 Å². The minimum absolute atomic E-state index is 0.0720.